The number of aromatic nitrogens is 2. The number of aryl methyl sites for hydroxylation is 3. The first-order valence-corrected chi connectivity index (χ1v) is 10.4. The van der Waals surface area contributed by atoms with E-state index in [1.165, 1.54) is 22.2 Å². The van der Waals surface area contributed by atoms with Gasteiger partial charge < -0.3 is 0 Å². The number of hydrogen-bond acceptors (Lipinski definition) is 5. The second-order valence-electron chi connectivity index (χ2n) is 6.45. The average Bonchev–Trinajstić information content (AvgIpc) is 2.93. The number of thiophene rings is 1. The first-order valence-electron chi connectivity index (χ1n) is 8.61. The number of nitrogens with zero attached hydrogens (tertiary/aromatic N) is 2. The highest BCUT2D eigenvalue weighted by Gasteiger charge is 2.18. The van der Waals surface area contributed by atoms with Crippen molar-refractivity contribution in [1.82, 2.24) is 9.55 Å². The van der Waals surface area contributed by atoms with Crippen LogP contribution in [0, 0.1) is 13.8 Å². The Kier molecular flexibility index (Phi) is 5.63. The summed E-state index contributed by atoms with van der Waals surface area (Å²) in [7, 11) is 0. The van der Waals surface area contributed by atoms with E-state index in [2.05, 4.69) is 6.92 Å². The zero-order chi connectivity index (χ0) is 18.8. The van der Waals surface area contributed by atoms with Crippen LogP contribution in [0.4, 0.5) is 0 Å². The molecule has 0 radical (unpaired) electrons. The second kappa shape index (κ2) is 7.76. The van der Waals surface area contributed by atoms with E-state index < -0.39 is 0 Å². The summed E-state index contributed by atoms with van der Waals surface area (Å²) in [5.41, 5.74) is 3.25. The molecule has 3 aromatic rings. The number of fused-ring (bicyclic) bond motifs is 1. The van der Waals surface area contributed by atoms with Crippen LogP contribution in [0.1, 0.15) is 35.4 Å². The van der Waals surface area contributed by atoms with Gasteiger partial charge in [0.2, 0.25) is 0 Å². The highest BCUT2D eigenvalue weighted by molar-refractivity contribution is 7.99. The molecule has 0 saturated heterocycles. The Morgan fingerprint density at radius 1 is 1.23 bits per heavy atom. The van der Waals surface area contributed by atoms with Gasteiger partial charge in [0.25, 0.3) is 5.56 Å². The molecule has 0 aliphatic carbocycles. The Morgan fingerprint density at radius 3 is 2.54 bits per heavy atom. The number of ketones is 1. The topological polar surface area (TPSA) is 52.0 Å². The van der Waals surface area contributed by atoms with E-state index in [1.807, 2.05) is 38.1 Å². The number of Topliss-reactive ketones (excluding diaryl/α,β-unsaturated/α-hetero) is 1. The average molecular weight is 387 g/mol. The van der Waals surface area contributed by atoms with Crippen molar-refractivity contribution in [3.63, 3.8) is 0 Å². The van der Waals surface area contributed by atoms with Gasteiger partial charge in [-0.1, -0.05) is 48.5 Å². The number of benzene rings is 1. The molecule has 0 N–H and O–H groups in total. The molecule has 0 amide bonds. The summed E-state index contributed by atoms with van der Waals surface area (Å²) in [5, 5.41) is 1.33. The third-order valence-corrected chi connectivity index (χ3v) is 6.75. The third-order valence-electron chi connectivity index (χ3n) is 4.30. The predicted octanol–water partition coefficient (Wildman–Crippen LogP) is 4.37. The monoisotopic (exact) mass is 386 g/mol. The van der Waals surface area contributed by atoms with E-state index in [-0.39, 0.29) is 11.3 Å². The summed E-state index contributed by atoms with van der Waals surface area (Å²) in [4.78, 5) is 31.4. The zero-order valence-corrected chi connectivity index (χ0v) is 17.1. The quantitative estimate of drug-likeness (QED) is 0.466. The van der Waals surface area contributed by atoms with Crippen molar-refractivity contribution in [2.24, 2.45) is 0 Å². The number of thioether (sulfide) groups is 1. The largest absolute Gasteiger partial charge is 0.299 e. The fraction of sp³-hybridized carbons (Fsp3) is 0.350. The Morgan fingerprint density at radius 2 is 1.92 bits per heavy atom. The van der Waals surface area contributed by atoms with Gasteiger partial charge in [0.05, 0.1) is 17.7 Å². The maximum Gasteiger partial charge on any atom is 0.263 e. The smallest absolute Gasteiger partial charge is 0.263 e. The highest BCUT2D eigenvalue weighted by atomic mass is 32.2. The summed E-state index contributed by atoms with van der Waals surface area (Å²) >= 11 is 2.92. The van der Waals surface area contributed by atoms with Crippen molar-refractivity contribution in [3.05, 3.63) is 56.2 Å². The van der Waals surface area contributed by atoms with Crippen LogP contribution in [0.15, 0.2) is 34.2 Å². The van der Waals surface area contributed by atoms with Crippen molar-refractivity contribution in [2.45, 2.75) is 45.8 Å². The van der Waals surface area contributed by atoms with Crippen LogP contribution in [0.2, 0.25) is 0 Å². The van der Waals surface area contributed by atoms with Crippen LogP contribution < -0.4 is 5.56 Å². The van der Waals surface area contributed by atoms with Crippen LogP contribution in [0.25, 0.3) is 10.2 Å². The van der Waals surface area contributed by atoms with Gasteiger partial charge in [-0.15, -0.1) is 11.3 Å². The van der Waals surface area contributed by atoms with E-state index in [4.69, 9.17) is 4.98 Å². The Bertz CT molecular complexity index is 1020. The number of carbonyl (C=O) groups excluding carboxylic acids is 1. The number of hydrogen-bond donors (Lipinski definition) is 0. The van der Waals surface area contributed by atoms with Crippen LogP contribution >= 0.6 is 23.1 Å². The molecule has 26 heavy (non-hydrogen) atoms. The maximum absolute atomic E-state index is 13.2. The summed E-state index contributed by atoms with van der Waals surface area (Å²) < 4.78 is 1.71. The van der Waals surface area contributed by atoms with E-state index in [0.29, 0.717) is 22.8 Å². The molecule has 2 aromatic heterocycles. The molecule has 1 aromatic carbocycles. The highest BCUT2D eigenvalue weighted by Crippen LogP contribution is 2.29. The molecular formula is C20H22N2O2S2. The maximum atomic E-state index is 13.2. The molecule has 3 rings (SSSR count). The van der Waals surface area contributed by atoms with Crippen molar-refractivity contribution in [2.75, 3.05) is 5.75 Å². The molecule has 0 aliphatic heterocycles. The molecule has 0 bridgehead atoms. The fourth-order valence-corrected chi connectivity index (χ4v) is 4.83. The van der Waals surface area contributed by atoms with Gasteiger partial charge in [0, 0.05) is 4.88 Å². The molecule has 136 valence electrons. The van der Waals surface area contributed by atoms with Crippen molar-refractivity contribution >= 4 is 39.1 Å². The number of carbonyl (C=O) groups is 1. The van der Waals surface area contributed by atoms with E-state index in [1.54, 1.807) is 22.8 Å². The van der Waals surface area contributed by atoms with Gasteiger partial charge in [0.15, 0.2) is 5.16 Å². The van der Waals surface area contributed by atoms with Gasteiger partial charge in [-0.3, -0.25) is 14.2 Å². The minimum atomic E-state index is -0.0184. The summed E-state index contributed by atoms with van der Waals surface area (Å²) in [6, 6.07) is 8.15. The molecular weight excluding hydrogens is 364 g/mol. The Balaban J connectivity index is 2.15. The first-order chi connectivity index (χ1) is 12.4. The molecule has 0 saturated carbocycles. The summed E-state index contributed by atoms with van der Waals surface area (Å²) in [6.07, 6.45) is 0.889. The minimum Gasteiger partial charge on any atom is -0.299 e. The normalized spacial score (nSPS) is 11.2. The lowest BCUT2D eigenvalue weighted by molar-refractivity contribution is -0.114. The molecule has 0 fully saturated rings. The van der Waals surface area contributed by atoms with E-state index in [0.717, 1.165) is 22.4 Å². The lowest BCUT2D eigenvalue weighted by Gasteiger charge is -2.12. The van der Waals surface area contributed by atoms with Crippen LogP contribution in [0.3, 0.4) is 0 Å². The summed E-state index contributed by atoms with van der Waals surface area (Å²) in [6.45, 7) is 8.14. The molecule has 2 heterocycles. The molecule has 0 unspecified atom stereocenters. The van der Waals surface area contributed by atoms with Crippen molar-refractivity contribution in [1.29, 1.82) is 0 Å². The predicted molar refractivity (Wildman–Crippen MR) is 110 cm³/mol. The van der Waals surface area contributed by atoms with Crippen LogP contribution in [-0.2, 0) is 17.8 Å². The lowest BCUT2D eigenvalue weighted by atomic mass is 10.1. The summed E-state index contributed by atoms with van der Waals surface area (Å²) in [5.74, 6) is 0.388. The number of rotatable bonds is 6. The minimum absolute atomic E-state index is 0.0184. The molecule has 6 heteroatoms. The molecule has 0 aliphatic rings. The third kappa shape index (κ3) is 3.76. The zero-order valence-electron chi connectivity index (χ0n) is 15.5. The van der Waals surface area contributed by atoms with E-state index in [9.17, 15) is 9.59 Å². The van der Waals surface area contributed by atoms with Crippen molar-refractivity contribution in [3.8, 4) is 0 Å². The van der Waals surface area contributed by atoms with Gasteiger partial charge in [-0.25, -0.2) is 4.98 Å². The Hall–Kier alpha value is -1.92. The molecule has 4 nitrogen and oxygen atoms in total. The SMILES string of the molecule is CCc1sc2nc(SCC(C)=O)n(Cc3ccc(C)cc3)c(=O)c2c1C. The van der Waals surface area contributed by atoms with E-state index >= 15 is 0 Å². The van der Waals surface area contributed by atoms with Gasteiger partial charge >= 0.3 is 0 Å². The Labute approximate surface area is 161 Å². The first kappa shape index (κ1) is 18.9. The standard InChI is InChI=1S/C20H22N2O2S2/c1-5-16-14(4)17-18(26-16)21-20(25-11-13(3)23)22(19(17)24)10-15-8-6-12(2)7-9-15/h6-9H,5,10-11H2,1-4H3. The molecule has 0 spiro atoms. The van der Waals surface area contributed by atoms with Crippen LogP contribution in [-0.4, -0.2) is 21.1 Å². The lowest BCUT2D eigenvalue weighted by Crippen LogP contribution is -2.24. The van der Waals surface area contributed by atoms with Crippen molar-refractivity contribution < 1.29 is 4.79 Å². The molecule has 0 atom stereocenters. The van der Waals surface area contributed by atoms with Crippen LogP contribution in [0.5, 0.6) is 0 Å². The second-order valence-corrected chi connectivity index (χ2v) is 8.47. The fourth-order valence-electron chi connectivity index (χ4n) is 2.87. The van der Waals surface area contributed by atoms with Gasteiger partial charge in [-0.2, -0.15) is 0 Å². The van der Waals surface area contributed by atoms with Gasteiger partial charge in [-0.05, 0) is 38.3 Å². The van der Waals surface area contributed by atoms with Gasteiger partial charge in [0.1, 0.15) is 10.6 Å².